The Bertz CT molecular complexity index is 702. The molecule has 0 aliphatic heterocycles. The first-order chi connectivity index (χ1) is 9.22. The van der Waals surface area contributed by atoms with E-state index in [1.807, 2.05) is 36.6 Å². The Labute approximate surface area is 114 Å². The van der Waals surface area contributed by atoms with Crippen molar-refractivity contribution in [2.24, 2.45) is 0 Å². The van der Waals surface area contributed by atoms with Gasteiger partial charge in [0.2, 0.25) is 11.7 Å². The molecule has 2 N–H and O–H groups in total. The average molecular weight is 271 g/mol. The van der Waals surface area contributed by atoms with Gasteiger partial charge in [0.25, 0.3) is 0 Å². The standard InChI is InChI=1S/C14H13N3OS/c1-9-7-19-8-12(9)14-16-13(18-17-14)6-10-3-2-4-11(15)5-10/h2-5,7-8H,6,15H2,1H3. The van der Waals surface area contributed by atoms with Gasteiger partial charge in [-0.3, -0.25) is 0 Å². The van der Waals surface area contributed by atoms with Crippen LogP contribution in [0.15, 0.2) is 39.5 Å². The minimum Gasteiger partial charge on any atom is -0.399 e. The van der Waals surface area contributed by atoms with Gasteiger partial charge in [0, 0.05) is 16.6 Å². The molecular formula is C14H13N3OS. The topological polar surface area (TPSA) is 64.9 Å². The summed E-state index contributed by atoms with van der Waals surface area (Å²) in [6.45, 7) is 2.04. The highest BCUT2D eigenvalue weighted by molar-refractivity contribution is 7.08. The van der Waals surface area contributed by atoms with E-state index in [0.717, 1.165) is 16.8 Å². The Balaban J connectivity index is 1.84. The van der Waals surface area contributed by atoms with Crippen LogP contribution in [0.3, 0.4) is 0 Å². The number of aromatic nitrogens is 2. The average Bonchev–Trinajstić information content (AvgIpc) is 2.98. The molecule has 0 fully saturated rings. The first-order valence-electron chi connectivity index (χ1n) is 5.92. The molecule has 0 aliphatic rings. The molecule has 2 heterocycles. The number of rotatable bonds is 3. The normalized spacial score (nSPS) is 10.8. The second-order valence-electron chi connectivity index (χ2n) is 4.40. The van der Waals surface area contributed by atoms with E-state index < -0.39 is 0 Å². The molecule has 19 heavy (non-hydrogen) atoms. The van der Waals surface area contributed by atoms with Gasteiger partial charge >= 0.3 is 0 Å². The van der Waals surface area contributed by atoms with Crippen LogP contribution in [-0.2, 0) is 6.42 Å². The van der Waals surface area contributed by atoms with Crippen molar-refractivity contribution >= 4 is 17.0 Å². The van der Waals surface area contributed by atoms with Crippen molar-refractivity contribution in [3.63, 3.8) is 0 Å². The largest absolute Gasteiger partial charge is 0.399 e. The van der Waals surface area contributed by atoms with Crippen LogP contribution in [-0.4, -0.2) is 10.1 Å². The monoisotopic (exact) mass is 271 g/mol. The number of aryl methyl sites for hydroxylation is 1. The Kier molecular flexibility index (Phi) is 3.05. The number of hydrogen-bond acceptors (Lipinski definition) is 5. The summed E-state index contributed by atoms with van der Waals surface area (Å²) in [6, 6.07) is 7.69. The third-order valence-corrected chi connectivity index (χ3v) is 3.73. The van der Waals surface area contributed by atoms with Crippen molar-refractivity contribution in [3.8, 4) is 11.4 Å². The third-order valence-electron chi connectivity index (χ3n) is 2.87. The zero-order valence-electron chi connectivity index (χ0n) is 10.5. The van der Waals surface area contributed by atoms with Gasteiger partial charge in [0.05, 0.1) is 6.42 Å². The van der Waals surface area contributed by atoms with Crippen molar-refractivity contribution in [2.45, 2.75) is 13.3 Å². The van der Waals surface area contributed by atoms with E-state index in [1.165, 1.54) is 5.56 Å². The van der Waals surface area contributed by atoms with E-state index in [4.69, 9.17) is 10.3 Å². The maximum absolute atomic E-state index is 5.75. The van der Waals surface area contributed by atoms with Crippen LogP contribution < -0.4 is 5.73 Å². The first kappa shape index (κ1) is 11.9. The summed E-state index contributed by atoms with van der Waals surface area (Å²) in [5.74, 6) is 1.25. The Hall–Kier alpha value is -2.14. The molecular weight excluding hydrogens is 258 g/mol. The zero-order valence-corrected chi connectivity index (χ0v) is 11.3. The number of hydrogen-bond donors (Lipinski definition) is 1. The minimum absolute atomic E-state index is 0.598. The highest BCUT2D eigenvalue weighted by Gasteiger charge is 2.11. The second-order valence-corrected chi connectivity index (χ2v) is 5.15. The number of thiophene rings is 1. The van der Waals surface area contributed by atoms with E-state index in [1.54, 1.807) is 11.3 Å². The van der Waals surface area contributed by atoms with Crippen molar-refractivity contribution in [1.29, 1.82) is 0 Å². The van der Waals surface area contributed by atoms with Crippen molar-refractivity contribution in [3.05, 3.63) is 52.0 Å². The number of anilines is 1. The molecule has 5 heteroatoms. The summed E-state index contributed by atoms with van der Waals surface area (Å²) in [6.07, 6.45) is 0.598. The molecule has 0 radical (unpaired) electrons. The molecule has 3 rings (SSSR count). The zero-order chi connectivity index (χ0) is 13.2. The molecule has 2 aromatic heterocycles. The molecule has 0 aliphatic carbocycles. The number of nitrogens with two attached hydrogens (primary N) is 1. The molecule has 0 saturated heterocycles. The van der Waals surface area contributed by atoms with Crippen LogP contribution in [0.2, 0.25) is 0 Å². The van der Waals surface area contributed by atoms with Gasteiger partial charge in [0.15, 0.2) is 0 Å². The summed E-state index contributed by atoms with van der Waals surface area (Å²) in [5.41, 5.74) is 9.76. The number of nitrogens with zero attached hydrogens (tertiary/aromatic N) is 2. The molecule has 0 saturated carbocycles. The fraction of sp³-hybridized carbons (Fsp3) is 0.143. The van der Waals surface area contributed by atoms with Crippen LogP contribution >= 0.6 is 11.3 Å². The molecule has 0 unspecified atom stereocenters. The summed E-state index contributed by atoms with van der Waals surface area (Å²) >= 11 is 1.64. The van der Waals surface area contributed by atoms with E-state index in [2.05, 4.69) is 15.5 Å². The number of benzene rings is 1. The van der Waals surface area contributed by atoms with Crippen LogP contribution in [0.25, 0.3) is 11.4 Å². The van der Waals surface area contributed by atoms with Gasteiger partial charge in [-0.05, 0) is 35.6 Å². The van der Waals surface area contributed by atoms with Crippen LogP contribution in [0.4, 0.5) is 5.69 Å². The van der Waals surface area contributed by atoms with E-state index in [9.17, 15) is 0 Å². The van der Waals surface area contributed by atoms with Gasteiger partial charge in [0.1, 0.15) is 0 Å². The minimum atomic E-state index is 0.598. The molecule has 0 bridgehead atoms. The molecule has 0 atom stereocenters. The predicted molar refractivity (Wildman–Crippen MR) is 76.0 cm³/mol. The van der Waals surface area contributed by atoms with E-state index in [-0.39, 0.29) is 0 Å². The Morgan fingerprint density at radius 2 is 2.21 bits per heavy atom. The maximum atomic E-state index is 5.75. The van der Waals surface area contributed by atoms with E-state index in [0.29, 0.717) is 18.1 Å². The second kappa shape index (κ2) is 4.85. The predicted octanol–water partition coefficient (Wildman–Crippen LogP) is 3.28. The van der Waals surface area contributed by atoms with Gasteiger partial charge in [-0.15, -0.1) is 0 Å². The van der Waals surface area contributed by atoms with Crippen LogP contribution in [0, 0.1) is 6.92 Å². The quantitative estimate of drug-likeness (QED) is 0.742. The third kappa shape index (κ3) is 2.51. The lowest BCUT2D eigenvalue weighted by Crippen LogP contribution is -1.91. The lowest BCUT2D eigenvalue weighted by Gasteiger charge is -1.97. The van der Waals surface area contributed by atoms with Crippen molar-refractivity contribution in [2.75, 3.05) is 5.73 Å². The molecule has 1 aromatic carbocycles. The van der Waals surface area contributed by atoms with Gasteiger partial charge in [-0.25, -0.2) is 0 Å². The summed E-state index contributed by atoms with van der Waals surface area (Å²) < 4.78 is 5.29. The lowest BCUT2D eigenvalue weighted by molar-refractivity contribution is 0.385. The summed E-state index contributed by atoms with van der Waals surface area (Å²) in [7, 11) is 0. The van der Waals surface area contributed by atoms with Gasteiger partial charge in [-0.2, -0.15) is 16.3 Å². The van der Waals surface area contributed by atoms with Crippen molar-refractivity contribution < 1.29 is 4.52 Å². The molecule has 0 amide bonds. The van der Waals surface area contributed by atoms with Crippen molar-refractivity contribution in [1.82, 2.24) is 10.1 Å². The molecule has 96 valence electrons. The van der Waals surface area contributed by atoms with Gasteiger partial charge in [-0.1, -0.05) is 17.3 Å². The number of nitrogen functional groups attached to an aromatic ring is 1. The lowest BCUT2D eigenvalue weighted by atomic mass is 10.1. The fourth-order valence-electron chi connectivity index (χ4n) is 1.90. The Morgan fingerprint density at radius 3 is 2.95 bits per heavy atom. The summed E-state index contributed by atoms with van der Waals surface area (Å²) in [4.78, 5) is 4.43. The molecule has 3 aromatic rings. The highest BCUT2D eigenvalue weighted by Crippen LogP contribution is 2.24. The molecule has 4 nitrogen and oxygen atoms in total. The smallest absolute Gasteiger partial charge is 0.231 e. The van der Waals surface area contributed by atoms with Gasteiger partial charge < -0.3 is 10.3 Å². The van der Waals surface area contributed by atoms with Crippen LogP contribution in [0.1, 0.15) is 17.0 Å². The van der Waals surface area contributed by atoms with Crippen LogP contribution in [0.5, 0.6) is 0 Å². The first-order valence-corrected chi connectivity index (χ1v) is 6.87. The highest BCUT2D eigenvalue weighted by atomic mass is 32.1. The fourth-order valence-corrected chi connectivity index (χ4v) is 2.73. The SMILES string of the molecule is Cc1cscc1-c1noc(Cc2cccc(N)c2)n1. The summed E-state index contributed by atoms with van der Waals surface area (Å²) in [5, 5.41) is 8.13. The van der Waals surface area contributed by atoms with E-state index >= 15 is 0 Å². The maximum Gasteiger partial charge on any atom is 0.231 e. The Morgan fingerprint density at radius 1 is 1.32 bits per heavy atom. The molecule has 0 spiro atoms.